The second kappa shape index (κ2) is 10.2. The van der Waals surface area contributed by atoms with Crippen LogP contribution in [0.15, 0.2) is 24.3 Å². The molecule has 3 atom stereocenters. The summed E-state index contributed by atoms with van der Waals surface area (Å²) in [4.78, 5) is 41.1. The number of hydrogen-bond acceptors (Lipinski definition) is 5. The summed E-state index contributed by atoms with van der Waals surface area (Å²) in [6.07, 6.45) is -3.18. The highest BCUT2D eigenvalue weighted by Crippen LogP contribution is 2.31. The Kier molecular flexibility index (Phi) is 7.27. The number of morpholine rings is 1. The summed E-state index contributed by atoms with van der Waals surface area (Å²) in [7, 11) is 0. The van der Waals surface area contributed by atoms with Crippen molar-refractivity contribution < 1.29 is 32.3 Å². The molecule has 4 rings (SSSR count). The minimum atomic E-state index is -4.51. The predicted octanol–water partition coefficient (Wildman–Crippen LogP) is 1.41. The Morgan fingerprint density at radius 2 is 1.97 bits per heavy atom. The van der Waals surface area contributed by atoms with Gasteiger partial charge in [-0.3, -0.25) is 14.5 Å². The van der Waals surface area contributed by atoms with Crippen molar-refractivity contribution in [2.75, 3.05) is 44.7 Å². The highest BCUT2D eigenvalue weighted by molar-refractivity contribution is 5.90. The smallest absolute Gasteiger partial charge is 0.378 e. The minimum Gasteiger partial charge on any atom is -0.378 e. The van der Waals surface area contributed by atoms with Crippen LogP contribution in [0.25, 0.3) is 0 Å². The number of carbonyl (C=O) groups excluding carboxylic acids is 3. The molecule has 1 aromatic rings. The topological polar surface area (TPSA) is 103 Å². The lowest BCUT2D eigenvalue weighted by atomic mass is 10.0. The first kappa shape index (κ1) is 24.3. The van der Waals surface area contributed by atoms with Gasteiger partial charge in [0.25, 0.3) is 0 Å². The SMILES string of the molecule is O=C(Nc1cccc(C(F)(F)F)c1)NC1CC2C(=O)NCC(CCC(=O)N3CCOCC3)N2C1. The van der Waals surface area contributed by atoms with Gasteiger partial charge in [0, 0.05) is 50.4 Å². The van der Waals surface area contributed by atoms with E-state index >= 15 is 0 Å². The summed E-state index contributed by atoms with van der Waals surface area (Å²) in [5.74, 6) is -0.0653. The maximum Gasteiger partial charge on any atom is 0.416 e. The summed E-state index contributed by atoms with van der Waals surface area (Å²) in [6.45, 7) is 3.09. The van der Waals surface area contributed by atoms with Crippen LogP contribution in [0.2, 0.25) is 0 Å². The Labute approximate surface area is 195 Å². The zero-order chi connectivity index (χ0) is 24.3. The Morgan fingerprint density at radius 3 is 2.71 bits per heavy atom. The molecule has 0 saturated carbocycles. The van der Waals surface area contributed by atoms with E-state index in [1.54, 1.807) is 4.90 Å². The van der Waals surface area contributed by atoms with Gasteiger partial charge in [-0.05, 0) is 31.0 Å². The number of nitrogens with zero attached hydrogens (tertiary/aromatic N) is 2. The third kappa shape index (κ3) is 5.79. The molecule has 3 N–H and O–H groups in total. The molecule has 3 unspecified atom stereocenters. The molecule has 0 radical (unpaired) electrons. The first-order valence-corrected chi connectivity index (χ1v) is 11.3. The molecule has 3 heterocycles. The lowest BCUT2D eigenvalue weighted by molar-refractivity contribution is -0.138. The lowest BCUT2D eigenvalue weighted by Gasteiger charge is -2.37. The van der Waals surface area contributed by atoms with Crippen LogP contribution >= 0.6 is 0 Å². The zero-order valence-corrected chi connectivity index (χ0v) is 18.6. The number of benzene rings is 1. The van der Waals surface area contributed by atoms with Crippen LogP contribution in [0.4, 0.5) is 23.7 Å². The van der Waals surface area contributed by atoms with Crippen molar-refractivity contribution in [1.29, 1.82) is 0 Å². The molecule has 12 heteroatoms. The first-order valence-electron chi connectivity index (χ1n) is 11.3. The fraction of sp³-hybridized carbons (Fsp3) is 0.591. The van der Waals surface area contributed by atoms with E-state index in [2.05, 4.69) is 16.0 Å². The van der Waals surface area contributed by atoms with Gasteiger partial charge in [0.2, 0.25) is 11.8 Å². The molecular formula is C22H28F3N5O4. The van der Waals surface area contributed by atoms with E-state index in [1.807, 2.05) is 4.90 Å². The fourth-order valence-corrected chi connectivity index (χ4v) is 4.74. The second-order valence-electron chi connectivity index (χ2n) is 8.75. The zero-order valence-electron chi connectivity index (χ0n) is 18.6. The number of alkyl halides is 3. The molecule has 0 spiro atoms. The fourth-order valence-electron chi connectivity index (χ4n) is 4.74. The monoisotopic (exact) mass is 483 g/mol. The summed E-state index contributed by atoms with van der Waals surface area (Å²) in [6, 6.07) is 2.96. The lowest BCUT2D eigenvalue weighted by Crippen LogP contribution is -2.58. The van der Waals surface area contributed by atoms with Crippen LogP contribution in [0.1, 0.15) is 24.8 Å². The van der Waals surface area contributed by atoms with Crippen LogP contribution in [0.3, 0.4) is 0 Å². The van der Waals surface area contributed by atoms with Gasteiger partial charge in [-0.15, -0.1) is 0 Å². The van der Waals surface area contributed by atoms with Crippen LogP contribution in [0, 0.1) is 0 Å². The molecule has 9 nitrogen and oxygen atoms in total. The quantitative estimate of drug-likeness (QED) is 0.588. The molecule has 3 aliphatic heterocycles. The number of rotatable bonds is 5. The van der Waals surface area contributed by atoms with Gasteiger partial charge in [-0.1, -0.05) is 6.07 Å². The van der Waals surface area contributed by atoms with Gasteiger partial charge in [-0.25, -0.2) is 4.79 Å². The van der Waals surface area contributed by atoms with Crippen molar-refractivity contribution in [1.82, 2.24) is 20.4 Å². The molecule has 1 aromatic carbocycles. The minimum absolute atomic E-state index is 0.0280. The highest BCUT2D eigenvalue weighted by Gasteiger charge is 2.44. The predicted molar refractivity (Wildman–Crippen MR) is 116 cm³/mol. The van der Waals surface area contributed by atoms with E-state index in [0.29, 0.717) is 58.7 Å². The molecule has 3 fully saturated rings. The maximum absolute atomic E-state index is 12.9. The number of ether oxygens (including phenoxy) is 1. The van der Waals surface area contributed by atoms with Crippen molar-refractivity contribution in [2.24, 2.45) is 0 Å². The van der Waals surface area contributed by atoms with Gasteiger partial charge in [-0.2, -0.15) is 13.2 Å². The van der Waals surface area contributed by atoms with Crippen LogP contribution < -0.4 is 16.0 Å². The summed E-state index contributed by atoms with van der Waals surface area (Å²) < 4.78 is 44.0. The summed E-state index contributed by atoms with van der Waals surface area (Å²) in [5.41, 5.74) is -0.824. The van der Waals surface area contributed by atoms with E-state index in [9.17, 15) is 27.6 Å². The largest absolute Gasteiger partial charge is 0.416 e. The van der Waals surface area contributed by atoms with Gasteiger partial charge < -0.3 is 25.6 Å². The van der Waals surface area contributed by atoms with Crippen molar-refractivity contribution in [2.45, 2.75) is 43.6 Å². The van der Waals surface area contributed by atoms with E-state index in [1.165, 1.54) is 12.1 Å². The number of hydrogen-bond donors (Lipinski definition) is 3. The van der Waals surface area contributed by atoms with Crippen LogP contribution in [0.5, 0.6) is 0 Å². The molecule has 186 valence electrons. The Hall–Kier alpha value is -2.86. The maximum atomic E-state index is 12.9. The number of urea groups is 1. The van der Waals surface area contributed by atoms with E-state index in [-0.39, 0.29) is 29.6 Å². The van der Waals surface area contributed by atoms with Crippen molar-refractivity contribution in [3.8, 4) is 0 Å². The van der Waals surface area contributed by atoms with Gasteiger partial charge in [0.05, 0.1) is 24.8 Å². The molecule has 34 heavy (non-hydrogen) atoms. The van der Waals surface area contributed by atoms with Gasteiger partial charge in [0.1, 0.15) is 0 Å². The van der Waals surface area contributed by atoms with E-state index < -0.39 is 23.8 Å². The Morgan fingerprint density at radius 1 is 1.21 bits per heavy atom. The summed E-state index contributed by atoms with van der Waals surface area (Å²) >= 11 is 0. The standard InChI is InChI=1S/C22H28F3N5O4/c23-22(24,25)14-2-1-3-15(10-14)27-21(33)28-16-11-18-20(32)26-12-17(30(18)13-16)4-5-19(31)29-6-8-34-9-7-29/h1-3,10,16-18H,4-9,11-13H2,(H,26,32)(H2,27,28,33). The summed E-state index contributed by atoms with van der Waals surface area (Å²) in [5, 5.41) is 8.07. The second-order valence-corrected chi connectivity index (χ2v) is 8.75. The number of fused-ring (bicyclic) bond motifs is 1. The third-order valence-electron chi connectivity index (χ3n) is 6.46. The van der Waals surface area contributed by atoms with E-state index in [4.69, 9.17) is 4.74 Å². The third-order valence-corrected chi connectivity index (χ3v) is 6.46. The normalized spacial score (nSPS) is 25.4. The van der Waals surface area contributed by atoms with Crippen LogP contribution in [-0.4, -0.2) is 85.2 Å². The Bertz CT molecular complexity index is 922. The highest BCUT2D eigenvalue weighted by atomic mass is 19.4. The number of nitrogens with one attached hydrogen (secondary N) is 3. The van der Waals surface area contributed by atoms with Gasteiger partial charge in [0.15, 0.2) is 0 Å². The molecule has 0 aromatic heterocycles. The van der Waals surface area contributed by atoms with Crippen molar-refractivity contribution in [3.05, 3.63) is 29.8 Å². The van der Waals surface area contributed by atoms with Gasteiger partial charge >= 0.3 is 12.2 Å². The van der Waals surface area contributed by atoms with E-state index in [0.717, 1.165) is 12.1 Å². The average Bonchev–Trinajstić information content (AvgIpc) is 3.23. The molecule has 4 amide bonds. The molecule has 0 bridgehead atoms. The van der Waals surface area contributed by atoms with Crippen LogP contribution in [-0.2, 0) is 20.5 Å². The average molecular weight is 483 g/mol. The molecular weight excluding hydrogens is 455 g/mol. The molecule has 0 aliphatic carbocycles. The van der Waals surface area contributed by atoms with Crippen molar-refractivity contribution in [3.63, 3.8) is 0 Å². The number of anilines is 1. The first-order chi connectivity index (χ1) is 16.2. The van der Waals surface area contributed by atoms with Crippen molar-refractivity contribution >= 4 is 23.5 Å². The molecule has 3 saturated heterocycles. The number of halogens is 3. The molecule has 3 aliphatic rings. The number of carbonyl (C=O) groups is 3. The number of piperazine rings is 1. The Balaban J connectivity index is 1.31. The number of amides is 4.